The molecule has 0 aromatic heterocycles. The molecule has 1 saturated heterocycles. The Bertz CT molecular complexity index is 108. The fraction of sp³-hybridized carbons (Fsp3) is 1.00. The number of halogens is 1. The van der Waals surface area contributed by atoms with E-state index < -0.39 is 6.17 Å². The van der Waals surface area contributed by atoms with Crippen molar-refractivity contribution in [3.8, 4) is 0 Å². The third kappa shape index (κ3) is 1.47. The molecule has 0 aromatic carbocycles. The lowest BCUT2D eigenvalue weighted by Gasteiger charge is -2.22. The third-order valence-corrected chi connectivity index (χ3v) is 2.18. The molecule has 1 aliphatic rings. The Hall–Kier alpha value is -0.150. The van der Waals surface area contributed by atoms with Crippen LogP contribution in [0.1, 0.15) is 6.92 Å². The minimum Gasteiger partial charge on any atom is -0.312 e. The van der Waals surface area contributed by atoms with Crippen LogP contribution in [0.15, 0.2) is 0 Å². The maximum atomic E-state index is 12.9. The summed E-state index contributed by atoms with van der Waals surface area (Å²) in [5.74, 6) is 0. The molecule has 60 valence electrons. The number of rotatable bonds is 2. The SMILES string of the molecule is CCN(C)C1CNCC1F. The minimum absolute atomic E-state index is 0.102. The summed E-state index contributed by atoms with van der Waals surface area (Å²) in [5, 5.41) is 3.02. The van der Waals surface area contributed by atoms with Crippen LogP contribution in [0.3, 0.4) is 0 Å². The minimum atomic E-state index is -0.676. The Morgan fingerprint density at radius 2 is 2.30 bits per heavy atom. The molecule has 3 heteroatoms. The van der Waals surface area contributed by atoms with Gasteiger partial charge in [-0.2, -0.15) is 0 Å². The van der Waals surface area contributed by atoms with E-state index in [-0.39, 0.29) is 6.04 Å². The molecular weight excluding hydrogens is 131 g/mol. The van der Waals surface area contributed by atoms with Crippen molar-refractivity contribution in [3.63, 3.8) is 0 Å². The second-order valence-electron chi connectivity index (χ2n) is 2.81. The summed E-state index contributed by atoms with van der Waals surface area (Å²) in [6, 6.07) is 0.102. The van der Waals surface area contributed by atoms with Gasteiger partial charge >= 0.3 is 0 Å². The number of hydrogen-bond donors (Lipinski definition) is 1. The van der Waals surface area contributed by atoms with Gasteiger partial charge in [0.25, 0.3) is 0 Å². The Kier molecular flexibility index (Phi) is 2.63. The maximum absolute atomic E-state index is 12.9. The molecule has 1 heterocycles. The maximum Gasteiger partial charge on any atom is 0.129 e. The van der Waals surface area contributed by atoms with Crippen molar-refractivity contribution >= 4 is 0 Å². The molecule has 1 rings (SSSR count). The first-order valence-electron chi connectivity index (χ1n) is 3.80. The standard InChI is InChI=1S/C7H15FN2/c1-3-10(2)7-5-9-4-6(7)8/h6-7,9H,3-5H2,1-2H3. The highest BCUT2D eigenvalue weighted by Gasteiger charge is 2.28. The van der Waals surface area contributed by atoms with Crippen molar-refractivity contribution in [3.05, 3.63) is 0 Å². The van der Waals surface area contributed by atoms with Crippen LogP contribution in [-0.4, -0.2) is 43.8 Å². The second-order valence-corrected chi connectivity index (χ2v) is 2.81. The van der Waals surface area contributed by atoms with Crippen molar-refractivity contribution in [1.29, 1.82) is 0 Å². The van der Waals surface area contributed by atoms with Gasteiger partial charge in [-0.05, 0) is 13.6 Å². The van der Waals surface area contributed by atoms with Crippen molar-refractivity contribution in [2.75, 3.05) is 26.7 Å². The van der Waals surface area contributed by atoms with Crippen molar-refractivity contribution in [2.24, 2.45) is 0 Å². The van der Waals surface area contributed by atoms with Gasteiger partial charge in [-0.25, -0.2) is 4.39 Å². The van der Waals surface area contributed by atoms with Crippen LogP contribution in [-0.2, 0) is 0 Å². The van der Waals surface area contributed by atoms with E-state index in [9.17, 15) is 4.39 Å². The smallest absolute Gasteiger partial charge is 0.129 e. The molecule has 0 aliphatic carbocycles. The molecule has 0 amide bonds. The van der Waals surface area contributed by atoms with Crippen molar-refractivity contribution in [1.82, 2.24) is 10.2 Å². The van der Waals surface area contributed by atoms with Crippen LogP contribution >= 0.6 is 0 Å². The van der Waals surface area contributed by atoms with Crippen LogP contribution in [0.25, 0.3) is 0 Å². The number of hydrogen-bond acceptors (Lipinski definition) is 2. The Morgan fingerprint density at radius 3 is 2.70 bits per heavy atom. The molecule has 0 spiro atoms. The van der Waals surface area contributed by atoms with E-state index in [2.05, 4.69) is 5.32 Å². The molecule has 0 saturated carbocycles. The monoisotopic (exact) mass is 146 g/mol. The summed E-state index contributed by atoms with van der Waals surface area (Å²) in [6.45, 7) is 4.29. The molecule has 0 bridgehead atoms. The topological polar surface area (TPSA) is 15.3 Å². The second kappa shape index (κ2) is 3.30. The molecule has 0 radical (unpaired) electrons. The lowest BCUT2D eigenvalue weighted by molar-refractivity contribution is 0.180. The number of likely N-dealkylation sites (N-methyl/N-ethyl adjacent to an activating group) is 1. The summed E-state index contributed by atoms with van der Waals surface area (Å²) < 4.78 is 12.9. The summed E-state index contributed by atoms with van der Waals surface area (Å²) in [7, 11) is 1.96. The first-order chi connectivity index (χ1) is 4.75. The van der Waals surface area contributed by atoms with Gasteiger partial charge in [0.1, 0.15) is 6.17 Å². The Labute approximate surface area is 61.4 Å². The van der Waals surface area contributed by atoms with Crippen molar-refractivity contribution in [2.45, 2.75) is 19.1 Å². The average Bonchev–Trinajstić information content (AvgIpc) is 2.34. The van der Waals surface area contributed by atoms with Gasteiger partial charge in [-0.1, -0.05) is 6.92 Å². The largest absolute Gasteiger partial charge is 0.312 e. The predicted molar refractivity (Wildman–Crippen MR) is 39.9 cm³/mol. The highest BCUT2D eigenvalue weighted by molar-refractivity contribution is 4.86. The molecule has 2 unspecified atom stereocenters. The normalized spacial score (nSPS) is 33.6. The van der Waals surface area contributed by atoms with Gasteiger partial charge < -0.3 is 5.32 Å². The van der Waals surface area contributed by atoms with E-state index in [1.807, 2.05) is 18.9 Å². The lowest BCUT2D eigenvalue weighted by atomic mass is 10.2. The zero-order chi connectivity index (χ0) is 7.56. The first-order valence-corrected chi connectivity index (χ1v) is 3.80. The number of nitrogens with one attached hydrogen (secondary N) is 1. The van der Waals surface area contributed by atoms with Gasteiger partial charge in [0, 0.05) is 13.1 Å². The lowest BCUT2D eigenvalue weighted by Crippen LogP contribution is -2.38. The van der Waals surface area contributed by atoms with Crippen LogP contribution in [0.2, 0.25) is 0 Å². The van der Waals surface area contributed by atoms with Crippen LogP contribution in [0.4, 0.5) is 4.39 Å². The van der Waals surface area contributed by atoms with Gasteiger partial charge in [0.05, 0.1) is 6.04 Å². The van der Waals surface area contributed by atoms with Gasteiger partial charge in [-0.15, -0.1) is 0 Å². The Morgan fingerprint density at radius 1 is 1.60 bits per heavy atom. The quantitative estimate of drug-likeness (QED) is 0.600. The molecule has 1 aliphatic heterocycles. The van der Waals surface area contributed by atoms with Crippen LogP contribution < -0.4 is 5.32 Å². The summed E-state index contributed by atoms with van der Waals surface area (Å²) in [4.78, 5) is 2.05. The van der Waals surface area contributed by atoms with Gasteiger partial charge in [0.15, 0.2) is 0 Å². The number of alkyl halides is 1. The zero-order valence-electron chi connectivity index (χ0n) is 6.60. The molecule has 1 N–H and O–H groups in total. The molecule has 10 heavy (non-hydrogen) atoms. The van der Waals surface area contributed by atoms with Gasteiger partial charge in [0.2, 0.25) is 0 Å². The molecule has 2 atom stereocenters. The van der Waals surface area contributed by atoms with E-state index in [1.165, 1.54) is 0 Å². The van der Waals surface area contributed by atoms with Gasteiger partial charge in [-0.3, -0.25) is 4.90 Å². The van der Waals surface area contributed by atoms with E-state index >= 15 is 0 Å². The van der Waals surface area contributed by atoms with E-state index in [0.717, 1.165) is 13.1 Å². The van der Waals surface area contributed by atoms with Crippen LogP contribution in [0.5, 0.6) is 0 Å². The first kappa shape index (κ1) is 7.95. The molecule has 2 nitrogen and oxygen atoms in total. The molecular formula is C7H15FN2. The van der Waals surface area contributed by atoms with E-state index in [1.54, 1.807) is 0 Å². The Balaban J connectivity index is 2.38. The average molecular weight is 146 g/mol. The summed E-state index contributed by atoms with van der Waals surface area (Å²) in [5.41, 5.74) is 0. The fourth-order valence-electron chi connectivity index (χ4n) is 1.30. The molecule has 0 aromatic rings. The number of nitrogens with zero attached hydrogens (tertiary/aromatic N) is 1. The van der Waals surface area contributed by atoms with Crippen molar-refractivity contribution < 1.29 is 4.39 Å². The zero-order valence-corrected chi connectivity index (χ0v) is 6.60. The third-order valence-electron chi connectivity index (χ3n) is 2.18. The predicted octanol–water partition coefficient (Wildman–Crippen LogP) is 0.248. The highest BCUT2D eigenvalue weighted by atomic mass is 19.1. The van der Waals surface area contributed by atoms with E-state index in [0.29, 0.717) is 6.54 Å². The fourth-order valence-corrected chi connectivity index (χ4v) is 1.30. The highest BCUT2D eigenvalue weighted by Crippen LogP contribution is 2.09. The summed E-state index contributed by atoms with van der Waals surface area (Å²) >= 11 is 0. The molecule has 1 fully saturated rings. The van der Waals surface area contributed by atoms with E-state index in [4.69, 9.17) is 0 Å². The summed E-state index contributed by atoms with van der Waals surface area (Å²) in [6.07, 6.45) is -0.676. The van der Waals surface area contributed by atoms with Crippen LogP contribution in [0, 0.1) is 0 Å².